The average molecular weight is 646 g/mol. The average Bonchev–Trinajstić information content (AvgIpc) is 3.31. The van der Waals surface area contributed by atoms with Crippen molar-refractivity contribution in [3.05, 3.63) is 84.8 Å². The fraction of sp³-hybridized carbons (Fsp3) is 0.143. The topological polar surface area (TPSA) is 141 Å². The van der Waals surface area contributed by atoms with E-state index in [1.165, 1.54) is 42.6 Å². The van der Waals surface area contributed by atoms with E-state index < -0.39 is 28.2 Å². The van der Waals surface area contributed by atoms with Crippen molar-refractivity contribution >= 4 is 61.9 Å². The van der Waals surface area contributed by atoms with Crippen LogP contribution in [0.1, 0.15) is 0 Å². The second-order valence-corrected chi connectivity index (χ2v) is 11.0. The lowest BCUT2D eigenvalue weighted by atomic mass is 10.2. The molecule has 0 aliphatic rings. The van der Waals surface area contributed by atoms with Gasteiger partial charge in [0, 0.05) is 37.4 Å². The van der Waals surface area contributed by atoms with Gasteiger partial charge in [-0.1, -0.05) is 0 Å². The second-order valence-electron chi connectivity index (χ2n) is 9.43. The van der Waals surface area contributed by atoms with Gasteiger partial charge in [0.05, 0.1) is 11.0 Å². The van der Waals surface area contributed by atoms with Gasteiger partial charge in [0.15, 0.2) is 0 Å². The number of nitrogens with one attached hydrogen (secondary N) is 2. The second kappa shape index (κ2) is 12.3. The molecule has 5 aromatic rings. The summed E-state index contributed by atoms with van der Waals surface area (Å²) >= 11 is 0. The van der Waals surface area contributed by atoms with E-state index in [1.54, 1.807) is 18.2 Å². The van der Waals surface area contributed by atoms with Gasteiger partial charge in [-0.05, 0) is 72.8 Å². The van der Waals surface area contributed by atoms with Crippen LogP contribution in [0.25, 0.3) is 11.0 Å². The van der Waals surface area contributed by atoms with Crippen molar-refractivity contribution in [2.75, 3.05) is 28.5 Å². The van der Waals surface area contributed by atoms with E-state index in [2.05, 4.69) is 34.5 Å². The number of carbonyl (C=O) groups is 1. The number of imidazole rings is 1. The van der Waals surface area contributed by atoms with Crippen molar-refractivity contribution in [2.45, 2.75) is 6.18 Å². The van der Waals surface area contributed by atoms with Gasteiger partial charge in [0.1, 0.15) is 17.4 Å². The van der Waals surface area contributed by atoms with Crippen LogP contribution in [0.5, 0.6) is 5.75 Å². The molecule has 0 amide bonds. The minimum atomic E-state index is -5.33. The molecule has 0 spiro atoms. The van der Waals surface area contributed by atoms with Gasteiger partial charge < -0.3 is 29.0 Å². The lowest BCUT2D eigenvalue weighted by Gasteiger charge is -2.19. The maximum Gasteiger partial charge on any atom is 0.490 e. The van der Waals surface area contributed by atoms with Gasteiger partial charge in [0.2, 0.25) is 17.8 Å². The lowest BCUT2D eigenvalue weighted by Crippen LogP contribution is -2.28. The smallest absolute Gasteiger partial charge is 0.439 e. The fourth-order valence-electron chi connectivity index (χ4n) is 4.00. The number of benzene rings is 3. The number of aromatic nitrogens is 4. The van der Waals surface area contributed by atoms with Crippen LogP contribution in [0, 0.1) is 5.82 Å². The van der Waals surface area contributed by atoms with Crippen LogP contribution in [-0.4, -0.2) is 53.1 Å². The first-order valence-electron chi connectivity index (χ1n) is 12.9. The standard InChI is InChI=1S/C28H23F4N7O5S/c1-38(20-9-12-23-22(15-20)36-27(39(23)2)35-19-5-3-17(29)4-6-19)24-13-14-33-26(37-24)34-18-7-10-21(11-8-18)44-45(41,42)16-43-25(40)28(30,31)32/h3-15H,16H2,1-2H3,(H,35,36)(H,33,34,37). The number of alkyl halides is 3. The summed E-state index contributed by atoms with van der Waals surface area (Å²) in [5, 5.41) is 6.15. The van der Waals surface area contributed by atoms with Gasteiger partial charge in [-0.3, -0.25) is 0 Å². The minimum absolute atomic E-state index is 0.212. The Bertz CT molecular complexity index is 1950. The Morgan fingerprint density at radius 3 is 2.31 bits per heavy atom. The summed E-state index contributed by atoms with van der Waals surface area (Å²) in [6.45, 7) is 0. The molecule has 17 heteroatoms. The van der Waals surface area contributed by atoms with Gasteiger partial charge >= 0.3 is 22.3 Å². The number of anilines is 6. The first kappa shape index (κ1) is 31.0. The van der Waals surface area contributed by atoms with E-state index in [-0.39, 0.29) is 17.5 Å². The highest BCUT2D eigenvalue weighted by atomic mass is 32.2. The number of carbonyl (C=O) groups excluding carboxylic acids is 1. The van der Waals surface area contributed by atoms with Crippen LogP contribution >= 0.6 is 0 Å². The highest BCUT2D eigenvalue weighted by Crippen LogP contribution is 2.29. The van der Waals surface area contributed by atoms with Gasteiger partial charge in [-0.25, -0.2) is 19.2 Å². The van der Waals surface area contributed by atoms with E-state index in [1.807, 2.05) is 41.8 Å². The van der Waals surface area contributed by atoms with Crippen LogP contribution in [0.3, 0.4) is 0 Å². The van der Waals surface area contributed by atoms with Crippen molar-refractivity contribution < 1.29 is 39.7 Å². The first-order chi connectivity index (χ1) is 21.3. The zero-order valence-electron chi connectivity index (χ0n) is 23.4. The third-order valence-corrected chi connectivity index (χ3v) is 7.09. The molecule has 0 saturated carbocycles. The van der Waals surface area contributed by atoms with Crippen molar-refractivity contribution in [2.24, 2.45) is 7.05 Å². The Morgan fingerprint density at radius 2 is 1.62 bits per heavy atom. The van der Waals surface area contributed by atoms with Crippen LogP contribution in [0.15, 0.2) is 79.0 Å². The Morgan fingerprint density at radius 1 is 0.956 bits per heavy atom. The van der Waals surface area contributed by atoms with Crippen LogP contribution in [0.4, 0.5) is 52.3 Å². The molecule has 2 N–H and O–H groups in total. The normalized spacial score (nSPS) is 11.7. The third kappa shape index (κ3) is 7.56. The summed E-state index contributed by atoms with van der Waals surface area (Å²) < 4.78 is 84.0. The van der Waals surface area contributed by atoms with E-state index in [0.717, 1.165) is 11.2 Å². The molecule has 0 fully saturated rings. The molecule has 45 heavy (non-hydrogen) atoms. The van der Waals surface area contributed by atoms with Crippen LogP contribution in [-0.2, 0) is 26.7 Å². The van der Waals surface area contributed by atoms with E-state index >= 15 is 0 Å². The zero-order valence-corrected chi connectivity index (χ0v) is 24.2. The van der Waals surface area contributed by atoms with Crippen molar-refractivity contribution in [1.82, 2.24) is 19.5 Å². The fourth-order valence-corrected chi connectivity index (χ4v) is 4.70. The number of rotatable bonds is 10. The number of hydrogen-bond acceptors (Lipinski definition) is 11. The van der Waals surface area contributed by atoms with Crippen molar-refractivity contribution in [3.8, 4) is 5.75 Å². The summed E-state index contributed by atoms with van der Waals surface area (Å²) in [4.78, 5) is 26.0. The number of ether oxygens (including phenoxy) is 1. The first-order valence-corrected chi connectivity index (χ1v) is 14.4. The van der Waals surface area contributed by atoms with E-state index in [4.69, 9.17) is 0 Å². The molecule has 0 saturated heterocycles. The largest absolute Gasteiger partial charge is 0.490 e. The van der Waals surface area contributed by atoms with Crippen molar-refractivity contribution in [1.29, 1.82) is 0 Å². The maximum atomic E-state index is 13.3. The number of nitrogens with zero attached hydrogens (tertiary/aromatic N) is 5. The lowest BCUT2D eigenvalue weighted by molar-refractivity contribution is -0.197. The number of aryl methyl sites for hydroxylation is 1. The minimum Gasteiger partial charge on any atom is -0.439 e. The molecular formula is C28H23F4N7O5S. The predicted molar refractivity (Wildman–Crippen MR) is 157 cm³/mol. The Labute approximate surface area is 253 Å². The predicted octanol–water partition coefficient (Wildman–Crippen LogP) is 5.53. The number of fused-ring (bicyclic) bond motifs is 1. The van der Waals surface area contributed by atoms with Gasteiger partial charge in [0.25, 0.3) is 0 Å². The molecule has 0 aliphatic carbocycles. The van der Waals surface area contributed by atoms with E-state index in [0.29, 0.717) is 28.7 Å². The molecule has 2 aromatic heterocycles. The summed E-state index contributed by atoms with van der Waals surface area (Å²) in [5.41, 5.74) is 3.49. The number of esters is 1. The summed E-state index contributed by atoms with van der Waals surface area (Å²) in [7, 11) is -0.977. The molecule has 0 aliphatic heterocycles. The summed E-state index contributed by atoms with van der Waals surface area (Å²) in [6.07, 6.45) is -3.80. The Kier molecular flexibility index (Phi) is 8.45. The van der Waals surface area contributed by atoms with Gasteiger partial charge in [-0.2, -0.15) is 26.6 Å². The molecule has 12 nitrogen and oxygen atoms in total. The molecule has 0 atom stereocenters. The molecule has 5 rings (SSSR count). The van der Waals surface area contributed by atoms with Crippen molar-refractivity contribution in [3.63, 3.8) is 0 Å². The maximum absolute atomic E-state index is 13.3. The molecule has 0 bridgehead atoms. The zero-order chi connectivity index (χ0) is 32.4. The third-order valence-electron chi connectivity index (χ3n) is 6.24. The SMILES string of the molecule is CN(c1ccc2c(c1)nc(Nc1ccc(F)cc1)n2C)c1ccnc(Nc2ccc(OS(=O)(=O)COC(=O)C(F)(F)F)cc2)n1. The van der Waals surface area contributed by atoms with Crippen LogP contribution in [0.2, 0.25) is 0 Å². The molecule has 3 aromatic carbocycles. The molecular weight excluding hydrogens is 622 g/mol. The van der Waals surface area contributed by atoms with E-state index in [9.17, 15) is 30.8 Å². The number of hydrogen-bond donors (Lipinski definition) is 2. The molecule has 2 heterocycles. The Hall–Kier alpha value is -5.45. The van der Waals surface area contributed by atoms with Crippen LogP contribution < -0.4 is 19.7 Å². The quantitative estimate of drug-likeness (QED) is 0.113. The highest BCUT2D eigenvalue weighted by molar-refractivity contribution is 7.86. The highest BCUT2D eigenvalue weighted by Gasteiger charge is 2.41. The monoisotopic (exact) mass is 645 g/mol. The number of halogens is 4. The Balaban J connectivity index is 1.25. The van der Waals surface area contributed by atoms with Gasteiger partial charge in [-0.15, -0.1) is 0 Å². The molecule has 0 radical (unpaired) electrons. The molecule has 234 valence electrons. The molecule has 0 unspecified atom stereocenters. The summed E-state index contributed by atoms with van der Waals surface area (Å²) in [5.74, 6) is -3.50. The summed E-state index contributed by atoms with van der Waals surface area (Å²) in [6, 6.07) is 18.7.